The third-order valence-electron chi connectivity index (χ3n) is 1.61. The van der Waals surface area contributed by atoms with E-state index >= 15 is 0 Å². The molecule has 0 aliphatic rings. The minimum Gasteiger partial charge on any atom is -0.489 e. The van der Waals surface area contributed by atoms with Gasteiger partial charge in [-0.25, -0.2) is 0 Å². The summed E-state index contributed by atoms with van der Waals surface area (Å²) in [5, 5.41) is 3.02. The molecule has 0 radical (unpaired) electrons. The summed E-state index contributed by atoms with van der Waals surface area (Å²) in [6.45, 7) is 5.24. The van der Waals surface area contributed by atoms with Gasteiger partial charge in [0.05, 0.1) is 0 Å². The average Bonchev–Trinajstić information content (AvgIpc) is 2.17. The highest BCUT2D eigenvalue weighted by molar-refractivity contribution is 5.21. The molecule has 0 fully saturated rings. The van der Waals surface area contributed by atoms with Crippen molar-refractivity contribution in [1.29, 1.82) is 0 Å². The standard InChI is InChI=1S/C11H15NO/c1-10(8-12-2)9-13-11-6-4-3-5-7-11/h3-7,12H,1,8-9H2,2H3. The van der Waals surface area contributed by atoms with Crippen LogP contribution in [0.2, 0.25) is 0 Å². The van der Waals surface area contributed by atoms with Crippen LogP contribution < -0.4 is 10.1 Å². The van der Waals surface area contributed by atoms with Gasteiger partial charge in [-0.05, 0) is 24.8 Å². The van der Waals surface area contributed by atoms with E-state index in [0.717, 1.165) is 17.9 Å². The molecule has 1 aromatic carbocycles. The van der Waals surface area contributed by atoms with Crippen molar-refractivity contribution in [2.45, 2.75) is 0 Å². The Kier molecular flexibility index (Phi) is 4.06. The number of benzene rings is 1. The average molecular weight is 177 g/mol. The van der Waals surface area contributed by atoms with Crippen LogP contribution in [0.4, 0.5) is 0 Å². The predicted octanol–water partition coefficient (Wildman–Crippen LogP) is 1.84. The summed E-state index contributed by atoms with van der Waals surface area (Å²) in [6.07, 6.45) is 0. The highest BCUT2D eigenvalue weighted by Crippen LogP contribution is 2.08. The molecule has 0 aliphatic heterocycles. The Morgan fingerprint density at radius 2 is 2.08 bits per heavy atom. The smallest absolute Gasteiger partial charge is 0.119 e. The van der Waals surface area contributed by atoms with E-state index in [9.17, 15) is 0 Å². The van der Waals surface area contributed by atoms with E-state index in [1.54, 1.807) is 0 Å². The van der Waals surface area contributed by atoms with Crippen LogP contribution >= 0.6 is 0 Å². The summed E-state index contributed by atoms with van der Waals surface area (Å²) in [4.78, 5) is 0. The van der Waals surface area contributed by atoms with E-state index in [-0.39, 0.29) is 0 Å². The Bertz CT molecular complexity index is 256. The van der Waals surface area contributed by atoms with Gasteiger partial charge < -0.3 is 10.1 Å². The second kappa shape index (κ2) is 5.38. The van der Waals surface area contributed by atoms with E-state index in [1.165, 1.54) is 0 Å². The molecule has 0 bridgehead atoms. The van der Waals surface area contributed by atoms with Crippen molar-refractivity contribution >= 4 is 0 Å². The van der Waals surface area contributed by atoms with E-state index in [4.69, 9.17) is 4.74 Å². The van der Waals surface area contributed by atoms with Crippen LogP contribution in [0.3, 0.4) is 0 Å². The van der Waals surface area contributed by atoms with Crippen LogP contribution in [0.1, 0.15) is 0 Å². The monoisotopic (exact) mass is 177 g/mol. The second-order valence-corrected chi connectivity index (χ2v) is 2.88. The normalized spacial score (nSPS) is 9.62. The van der Waals surface area contributed by atoms with Crippen molar-refractivity contribution in [1.82, 2.24) is 5.32 Å². The molecule has 13 heavy (non-hydrogen) atoms. The summed E-state index contributed by atoms with van der Waals surface area (Å²) in [6, 6.07) is 9.75. The van der Waals surface area contributed by atoms with Crippen molar-refractivity contribution in [2.75, 3.05) is 20.2 Å². The molecule has 0 spiro atoms. The summed E-state index contributed by atoms with van der Waals surface area (Å²) < 4.78 is 5.48. The highest BCUT2D eigenvalue weighted by atomic mass is 16.5. The van der Waals surface area contributed by atoms with Crippen LogP contribution in [0.25, 0.3) is 0 Å². The van der Waals surface area contributed by atoms with Gasteiger partial charge in [-0.2, -0.15) is 0 Å². The number of rotatable bonds is 5. The van der Waals surface area contributed by atoms with E-state index < -0.39 is 0 Å². The Hall–Kier alpha value is -1.28. The van der Waals surface area contributed by atoms with Gasteiger partial charge in [-0.3, -0.25) is 0 Å². The van der Waals surface area contributed by atoms with Crippen molar-refractivity contribution < 1.29 is 4.74 Å². The van der Waals surface area contributed by atoms with Gasteiger partial charge in [0.2, 0.25) is 0 Å². The minimum atomic E-state index is 0.574. The SMILES string of the molecule is C=C(CNC)COc1ccccc1. The van der Waals surface area contributed by atoms with E-state index in [0.29, 0.717) is 6.61 Å². The Morgan fingerprint density at radius 3 is 2.69 bits per heavy atom. The lowest BCUT2D eigenvalue weighted by Crippen LogP contribution is -2.14. The molecule has 0 heterocycles. The number of likely N-dealkylation sites (N-methyl/N-ethyl adjacent to an activating group) is 1. The first-order valence-electron chi connectivity index (χ1n) is 4.32. The molecule has 2 heteroatoms. The zero-order valence-corrected chi connectivity index (χ0v) is 7.92. The number of hydrogen-bond donors (Lipinski definition) is 1. The lowest BCUT2D eigenvalue weighted by molar-refractivity contribution is 0.349. The largest absolute Gasteiger partial charge is 0.489 e. The predicted molar refractivity (Wildman–Crippen MR) is 55.0 cm³/mol. The number of nitrogens with one attached hydrogen (secondary N) is 1. The van der Waals surface area contributed by atoms with Crippen LogP contribution in [-0.4, -0.2) is 20.2 Å². The highest BCUT2D eigenvalue weighted by Gasteiger charge is 1.94. The fraction of sp³-hybridized carbons (Fsp3) is 0.273. The van der Waals surface area contributed by atoms with Gasteiger partial charge in [0.25, 0.3) is 0 Å². The number of para-hydroxylation sites is 1. The molecule has 0 saturated carbocycles. The maximum atomic E-state index is 5.48. The van der Waals surface area contributed by atoms with Crippen LogP contribution in [-0.2, 0) is 0 Å². The molecule has 0 saturated heterocycles. The van der Waals surface area contributed by atoms with Crippen molar-refractivity contribution in [2.24, 2.45) is 0 Å². The number of ether oxygens (including phenoxy) is 1. The summed E-state index contributed by atoms with van der Waals surface area (Å²) in [5.74, 6) is 0.889. The van der Waals surface area contributed by atoms with Crippen LogP contribution in [0.15, 0.2) is 42.5 Å². The third-order valence-corrected chi connectivity index (χ3v) is 1.61. The molecule has 1 N–H and O–H groups in total. The van der Waals surface area contributed by atoms with Crippen molar-refractivity contribution in [3.63, 3.8) is 0 Å². The van der Waals surface area contributed by atoms with Gasteiger partial charge in [-0.15, -0.1) is 0 Å². The molecule has 2 nitrogen and oxygen atoms in total. The molecule has 0 atom stereocenters. The Morgan fingerprint density at radius 1 is 1.38 bits per heavy atom. The maximum absolute atomic E-state index is 5.48. The van der Waals surface area contributed by atoms with E-state index in [2.05, 4.69) is 11.9 Å². The molecule has 1 rings (SSSR count). The molecule has 0 amide bonds. The first-order chi connectivity index (χ1) is 6.33. The molecular formula is C11H15NO. The summed E-state index contributed by atoms with van der Waals surface area (Å²) in [7, 11) is 1.90. The fourth-order valence-corrected chi connectivity index (χ4v) is 1.00. The molecule has 70 valence electrons. The second-order valence-electron chi connectivity index (χ2n) is 2.88. The van der Waals surface area contributed by atoms with Crippen molar-refractivity contribution in [3.8, 4) is 5.75 Å². The first-order valence-corrected chi connectivity index (χ1v) is 4.32. The molecule has 0 aliphatic carbocycles. The first kappa shape index (κ1) is 9.81. The topological polar surface area (TPSA) is 21.3 Å². The summed E-state index contributed by atoms with van der Waals surface area (Å²) >= 11 is 0. The van der Waals surface area contributed by atoms with Gasteiger partial charge in [0, 0.05) is 6.54 Å². The molecule has 0 aromatic heterocycles. The third kappa shape index (κ3) is 3.76. The fourth-order valence-electron chi connectivity index (χ4n) is 1.00. The quantitative estimate of drug-likeness (QED) is 0.693. The lowest BCUT2D eigenvalue weighted by atomic mass is 10.3. The Balaban J connectivity index is 2.31. The van der Waals surface area contributed by atoms with Gasteiger partial charge in [-0.1, -0.05) is 24.8 Å². The summed E-state index contributed by atoms with van der Waals surface area (Å²) in [5.41, 5.74) is 1.05. The minimum absolute atomic E-state index is 0.574. The Labute approximate surface area is 79.2 Å². The van der Waals surface area contributed by atoms with E-state index in [1.807, 2.05) is 37.4 Å². The number of hydrogen-bond acceptors (Lipinski definition) is 2. The lowest BCUT2D eigenvalue weighted by Gasteiger charge is -2.07. The molecule has 0 unspecified atom stereocenters. The molecular weight excluding hydrogens is 162 g/mol. The van der Waals surface area contributed by atoms with Crippen LogP contribution in [0.5, 0.6) is 5.75 Å². The van der Waals surface area contributed by atoms with Gasteiger partial charge in [0.15, 0.2) is 0 Å². The van der Waals surface area contributed by atoms with Gasteiger partial charge >= 0.3 is 0 Å². The molecule has 1 aromatic rings. The van der Waals surface area contributed by atoms with Crippen molar-refractivity contribution in [3.05, 3.63) is 42.5 Å². The van der Waals surface area contributed by atoms with Crippen LogP contribution in [0, 0.1) is 0 Å². The zero-order valence-electron chi connectivity index (χ0n) is 7.92. The zero-order chi connectivity index (χ0) is 9.52. The maximum Gasteiger partial charge on any atom is 0.119 e. The van der Waals surface area contributed by atoms with Gasteiger partial charge in [0.1, 0.15) is 12.4 Å².